The summed E-state index contributed by atoms with van der Waals surface area (Å²) in [6.07, 6.45) is 2.52. The average molecular weight is 367 g/mol. The third-order valence-electron chi connectivity index (χ3n) is 5.80. The van der Waals surface area contributed by atoms with Gasteiger partial charge in [-0.3, -0.25) is 9.69 Å². The molecular weight excluding hydrogens is 341 g/mol. The van der Waals surface area contributed by atoms with Crippen LogP contribution >= 0.6 is 11.3 Å². The molecule has 1 amide bonds. The summed E-state index contributed by atoms with van der Waals surface area (Å²) in [7, 11) is 0. The Labute approximate surface area is 152 Å². The van der Waals surface area contributed by atoms with Gasteiger partial charge in [0.1, 0.15) is 0 Å². The molecule has 0 radical (unpaired) electrons. The highest BCUT2D eigenvalue weighted by Gasteiger charge is 2.48. The molecule has 1 saturated carbocycles. The summed E-state index contributed by atoms with van der Waals surface area (Å²) in [6.45, 7) is 6.58. The average Bonchev–Trinajstić information content (AvgIpc) is 2.87. The van der Waals surface area contributed by atoms with E-state index in [0.29, 0.717) is 38.5 Å². The molecule has 1 aromatic rings. The van der Waals surface area contributed by atoms with Crippen molar-refractivity contribution in [1.82, 2.24) is 14.8 Å². The van der Waals surface area contributed by atoms with Gasteiger partial charge in [0.15, 0.2) is 5.67 Å². The molecule has 3 aliphatic rings. The minimum absolute atomic E-state index is 0.0311. The highest BCUT2D eigenvalue weighted by molar-refractivity contribution is 7.09. The minimum atomic E-state index is -1.59. The molecule has 1 aromatic heterocycles. The van der Waals surface area contributed by atoms with Crippen LogP contribution in [-0.2, 0) is 16.1 Å². The van der Waals surface area contributed by atoms with Gasteiger partial charge in [0.2, 0.25) is 0 Å². The van der Waals surface area contributed by atoms with Crippen LogP contribution in [0.1, 0.15) is 36.4 Å². The van der Waals surface area contributed by atoms with E-state index < -0.39 is 5.67 Å². The van der Waals surface area contributed by atoms with E-state index in [2.05, 4.69) is 15.3 Å². The zero-order valence-electron chi connectivity index (χ0n) is 14.7. The van der Waals surface area contributed by atoms with E-state index in [-0.39, 0.29) is 12.0 Å². The second kappa shape index (κ2) is 6.93. The number of halogens is 1. The summed E-state index contributed by atoms with van der Waals surface area (Å²) < 4.78 is 20.5. The van der Waals surface area contributed by atoms with E-state index in [1.807, 2.05) is 6.92 Å². The van der Waals surface area contributed by atoms with Gasteiger partial charge in [0.05, 0.1) is 23.4 Å². The summed E-state index contributed by atoms with van der Waals surface area (Å²) in [4.78, 5) is 21.1. The molecule has 2 saturated heterocycles. The molecule has 25 heavy (non-hydrogen) atoms. The SMILES string of the molecule is Cc1nc(CN2CCO[C@@H]3CN(C(=O)C4(F)CCC4)CC[C@@H]3C2)cs1. The van der Waals surface area contributed by atoms with E-state index in [1.165, 1.54) is 0 Å². The first-order valence-corrected chi connectivity index (χ1v) is 10.1. The van der Waals surface area contributed by atoms with Crippen molar-refractivity contribution in [2.24, 2.45) is 5.92 Å². The van der Waals surface area contributed by atoms with Crippen LogP contribution in [0.3, 0.4) is 0 Å². The topological polar surface area (TPSA) is 45.7 Å². The lowest BCUT2D eigenvalue weighted by atomic mass is 9.80. The number of nitrogens with zero attached hydrogens (tertiary/aromatic N) is 3. The number of piperidine rings is 1. The number of thiazole rings is 1. The van der Waals surface area contributed by atoms with Crippen molar-refractivity contribution in [2.75, 3.05) is 32.8 Å². The smallest absolute Gasteiger partial charge is 0.260 e. The van der Waals surface area contributed by atoms with Crippen LogP contribution in [0.4, 0.5) is 4.39 Å². The van der Waals surface area contributed by atoms with E-state index >= 15 is 0 Å². The molecule has 0 spiro atoms. The number of fused-ring (bicyclic) bond motifs is 1. The van der Waals surface area contributed by atoms with Gasteiger partial charge in [0, 0.05) is 44.0 Å². The molecule has 5 nitrogen and oxygen atoms in total. The summed E-state index contributed by atoms with van der Waals surface area (Å²) in [5.41, 5.74) is -0.468. The largest absolute Gasteiger partial charge is 0.375 e. The van der Waals surface area contributed by atoms with Crippen LogP contribution in [0.15, 0.2) is 5.38 Å². The number of rotatable bonds is 3. The molecule has 0 bridgehead atoms. The van der Waals surface area contributed by atoms with Gasteiger partial charge < -0.3 is 9.64 Å². The van der Waals surface area contributed by atoms with Gasteiger partial charge in [-0.15, -0.1) is 11.3 Å². The molecule has 2 aliphatic heterocycles. The van der Waals surface area contributed by atoms with Gasteiger partial charge >= 0.3 is 0 Å². The number of ether oxygens (including phenoxy) is 1. The molecule has 0 unspecified atom stereocenters. The lowest BCUT2D eigenvalue weighted by Gasteiger charge is -2.42. The summed E-state index contributed by atoms with van der Waals surface area (Å²) in [5, 5.41) is 3.22. The number of aromatic nitrogens is 1. The fourth-order valence-corrected chi connectivity index (χ4v) is 4.75. The number of likely N-dealkylation sites (tertiary alicyclic amines) is 1. The Balaban J connectivity index is 1.36. The first-order valence-electron chi connectivity index (χ1n) is 9.27. The number of aryl methyl sites for hydroxylation is 1. The normalized spacial score (nSPS) is 29.6. The zero-order valence-corrected chi connectivity index (χ0v) is 15.6. The van der Waals surface area contributed by atoms with Gasteiger partial charge in [0.25, 0.3) is 5.91 Å². The second-order valence-corrected chi connectivity index (χ2v) is 8.68. The van der Waals surface area contributed by atoms with E-state index in [9.17, 15) is 9.18 Å². The Morgan fingerprint density at radius 2 is 2.28 bits per heavy atom. The molecule has 138 valence electrons. The first kappa shape index (κ1) is 17.4. The van der Waals surface area contributed by atoms with E-state index in [4.69, 9.17) is 4.74 Å². The van der Waals surface area contributed by atoms with Crippen molar-refractivity contribution in [2.45, 2.75) is 50.9 Å². The van der Waals surface area contributed by atoms with Gasteiger partial charge in [-0.1, -0.05) is 0 Å². The Morgan fingerprint density at radius 3 is 2.96 bits per heavy atom. The Hall–Kier alpha value is -1.05. The molecule has 0 aromatic carbocycles. The Kier molecular flexibility index (Phi) is 4.81. The van der Waals surface area contributed by atoms with Gasteiger partial charge in [-0.05, 0) is 32.6 Å². The zero-order chi connectivity index (χ0) is 17.4. The minimum Gasteiger partial charge on any atom is -0.375 e. The van der Waals surface area contributed by atoms with Crippen LogP contribution < -0.4 is 0 Å². The molecule has 3 heterocycles. The Bertz CT molecular complexity index is 634. The predicted molar refractivity (Wildman–Crippen MR) is 94.2 cm³/mol. The molecule has 1 aliphatic carbocycles. The van der Waals surface area contributed by atoms with Crippen LogP contribution in [0, 0.1) is 12.8 Å². The highest BCUT2D eigenvalue weighted by atomic mass is 32.1. The Morgan fingerprint density at radius 1 is 1.44 bits per heavy atom. The predicted octanol–water partition coefficient (Wildman–Crippen LogP) is 2.39. The number of hydrogen-bond acceptors (Lipinski definition) is 5. The summed E-state index contributed by atoms with van der Waals surface area (Å²) >= 11 is 1.69. The summed E-state index contributed by atoms with van der Waals surface area (Å²) in [6, 6.07) is 0. The monoisotopic (exact) mass is 367 g/mol. The quantitative estimate of drug-likeness (QED) is 0.823. The van der Waals surface area contributed by atoms with Crippen LogP contribution in [0.2, 0.25) is 0 Å². The van der Waals surface area contributed by atoms with Crippen molar-refractivity contribution < 1.29 is 13.9 Å². The maximum absolute atomic E-state index is 14.4. The number of carbonyl (C=O) groups excluding carboxylic acids is 1. The van der Waals surface area contributed by atoms with E-state index in [1.54, 1.807) is 16.2 Å². The van der Waals surface area contributed by atoms with Gasteiger partial charge in [-0.2, -0.15) is 0 Å². The fraction of sp³-hybridized carbons (Fsp3) is 0.778. The maximum atomic E-state index is 14.4. The number of carbonyl (C=O) groups is 1. The van der Waals surface area contributed by atoms with Crippen molar-refractivity contribution in [3.05, 3.63) is 16.1 Å². The van der Waals surface area contributed by atoms with Crippen LogP contribution in [-0.4, -0.2) is 65.2 Å². The van der Waals surface area contributed by atoms with Crippen molar-refractivity contribution in [3.63, 3.8) is 0 Å². The second-order valence-electron chi connectivity index (χ2n) is 7.62. The lowest BCUT2D eigenvalue weighted by Crippen LogP contribution is -2.56. The van der Waals surface area contributed by atoms with Crippen molar-refractivity contribution in [3.8, 4) is 0 Å². The van der Waals surface area contributed by atoms with Crippen molar-refractivity contribution in [1.29, 1.82) is 0 Å². The summed E-state index contributed by atoms with van der Waals surface area (Å²) in [5.74, 6) is 0.100. The molecule has 3 fully saturated rings. The molecule has 0 N–H and O–H groups in total. The number of hydrogen-bond donors (Lipinski definition) is 0. The fourth-order valence-electron chi connectivity index (χ4n) is 4.14. The molecule has 7 heteroatoms. The highest BCUT2D eigenvalue weighted by Crippen LogP contribution is 2.38. The third kappa shape index (κ3) is 3.59. The molecule has 4 rings (SSSR count). The third-order valence-corrected chi connectivity index (χ3v) is 6.62. The van der Waals surface area contributed by atoms with E-state index in [0.717, 1.165) is 43.2 Å². The standard InChI is InChI=1S/C18H26FN3O2S/c1-13-20-15(12-25-13)10-21-7-8-24-16-11-22(6-3-14(16)9-21)17(23)18(19)4-2-5-18/h12,14,16H,2-11H2,1H3/t14-,16-/m1/s1. The van der Waals surface area contributed by atoms with Crippen LogP contribution in [0.5, 0.6) is 0 Å². The lowest BCUT2D eigenvalue weighted by molar-refractivity contribution is -0.155. The van der Waals surface area contributed by atoms with Crippen LogP contribution in [0.25, 0.3) is 0 Å². The van der Waals surface area contributed by atoms with Gasteiger partial charge in [-0.25, -0.2) is 9.37 Å². The molecular formula is C18H26FN3O2S. The number of amides is 1. The molecule has 2 atom stereocenters. The van der Waals surface area contributed by atoms with Crippen molar-refractivity contribution >= 4 is 17.2 Å². The maximum Gasteiger partial charge on any atom is 0.260 e. The first-order chi connectivity index (χ1) is 12.0. The number of alkyl halides is 1.